The Labute approximate surface area is 171 Å². The van der Waals surface area contributed by atoms with E-state index in [0.717, 1.165) is 40.3 Å². The molecular formula is C19H20N4O3S2. The van der Waals surface area contributed by atoms with Gasteiger partial charge in [-0.3, -0.25) is 4.57 Å². The van der Waals surface area contributed by atoms with Gasteiger partial charge >= 0.3 is 5.97 Å². The molecule has 0 spiro atoms. The van der Waals surface area contributed by atoms with Crippen LogP contribution in [0.15, 0.2) is 46.0 Å². The van der Waals surface area contributed by atoms with Gasteiger partial charge in [0.2, 0.25) is 0 Å². The Balaban J connectivity index is 1.57. The fourth-order valence-corrected chi connectivity index (χ4v) is 4.48. The first kappa shape index (κ1) is 19.1. The average molecular weight is 417 g/mol. The summed E-state index contributed by atoms with van der Waals surface area (Å²) in [6.07, 6.45) is 3.83. The van der Waals surface area contributed by atoms with E-state index in [-0.39, 0.29) is 12.1 Å². The van der Waals surface area contributed by atoms with Gasteiger partial charge in [-0.2, -0.15) is 0 Å². The summed E-state index contributed by atoms with van der Waals surface area (Å²) < 4.78 is 12.9. The van der Waals surface area contributed by atoms with Gasteiger partial charge in [0.15, 0.2) is 11.0 Å². The van der Waals surface area contributed by atoms with Gasteiger partial charge in [0.25, 0.3) is 0 Å². The highest BCUT2D eigenvalue weighted by Crippen LogP contribution is 2.31. The van der Waals surface area contributed by atoms with Crippen molar-refractivity contribution in [2.24, 2.45) is 0 Å². The van der Waals surface area contributed by atoms with Gasteiger partial charge in [-0.25, -0.2) is 9.78 Å². The Bertz CT molecular complexity index is 919. The number of carbonyl (C=O) groups excluding carboxylic acids is 1. The van der Waals surface area contributed by atoms with Crippen molar-refractivity contribution in [1.29, 1.82) is 0 Å². The zero-order valence-corrected chi connectivity index (χ0v) is 17.0. The minimum atomic E-state index is -0.368. The van der Waals surface area contributed by atoms with Crippen molar-refractivity contribution in [3.63, 3.8) is 0 Å². The molecule has 0 saturated carbocycles. The Kier molecular flexibility index (Phi) is 6.04. The maximum atomic E-state index is 11.8. The number of ether oxygens (including phenoxy) is 2. The van der Waals surface area contributed by atoms with Crippen LogP contribution in [-0.4, -0.2) is 45.0 Å². The molecule has 9 heteroatoms. The Morgan fingerprint density at radius 3 is 3.00 bits per heavy atom. The predicted octanol–water partition coefficient (Wildman–Crippen LogP) is 3.91. The molecule has 1 aliphatic heterocycles. The number of aromatic nitrogens is 4. The maximum absolute atomic E-state index is 11.8. The Morgan fingerprint density at radius 1 is 1.39 bits per heavy atom. The molecule has 7 nitrogen and oxygen atoms in total. The first-order chi connectivity index (χ1) is 13.7. The summed E-state index contributed by atoms with van der Waals surface area (Å²) >= 11 is 3.06. The van der Waals surface area contributed by atoms with Crippen molar-refractivity contribution in [3.05, 3.63) is 41.4 Å². The van der Waals surface area contributed by atoms with Gasteiger partial charge in [0, 0.05) is 12.8 Å². The van der Waals surface area contributed by atoms with Crippen molar-refractivity contribution in [2.75, 3.05) is 13.2 Å². The van der Waals surface area contributed by atoms with E-state index in [2.05, 4.69) is 19.7 Å². The molecule has 3 aromatic heterocycles. The molecule has 0 aromatic carbocycles. The zero-order valence-electron chi connectivity index (χ0n) is 15.4. The monoisotopic (exact) mass is 416 g/mol. The lowest BCUT2D eigenvalue weighted by atomic mass is 10.2. The molecular weight excluding hydrogens is 396 g/mol. The summed E-state index contributed by atoms with van der Waals surface area (Å²) in [6, 6.07) is 7.57. The highest BCUT2D eigenvalue weighted by molar-refractivity contribution is 7.99. The topological polar surface area (TPSA) is 79.1 Å². The van der Waals surface area contributed by atoms with Gasteiger partial charge in [-0.15, -0.1) is 21.5 Å². The van der Waals surface area contributed by atoms with E-state index >= 15 is 0 Å². The summed E-state index contributed by atoms with van der Waals surface area (Å²) in [5.41, 5.74) is 0.436. The number of rotatable bonds is 7. The quantitative estimate of drug-likeness (QED) is 0.540. The Morgan fingerprint density at radius 2 is 2.32 bits per heavy atom. The average Bonchev–Trinajstić information content (AvgIpc) is 3.46. The van der Waals surface area contributed by atoms with Crippen LogP contribution in [-0.2, 0) is 16.0 Å². The molecule has 0 bridgehead atoms. The van der Waals surface area contributed by atoms with Crippen molar-refractivity contribution < 1.29 is 14.3 Å². The molecule has 1 fully saturated rings. The van der Waals surface area contributed by atoms with Crippen LogP contribution < -0.4 is 0 Å². The summed E-state index contributed by atoms with van der Waals surface area (Å²) in [5, 5.41) is 12.3. The predicted molar refractivity (Wildman–Crippen MR) is 107 cm³/mol. The minimum Gasteiger partial charge on any atom is -0.462 e. The molecule has 4 rings (SSSR count). The van der Waals surface area contributed by atoms with Gasteiger partial charge in [-0.05, 0) is 55.1 Å². The van der Waals surface area contributed by atoms with E-state index in [1.54, 1.807) is 30.4 Å². The molecule has 146 valence electrons. The van der Waals surface area contributed by atoms with Gasteiger partial charge in [0.05, 0.1) is 29.7 Å². The lowest BCUT2D eigenvalue weighted by Crippen LogP contribution is -2.16. The number of esters is 1. The van der Waals surface area contributed by atoms with E-state index in [0.29, 0.717) is 18.7 Å². The smallest absolute Gasteiger partial charge is 0.339 e. The van der Waals surface area contributed by atoms with Crippen LogP contribution >= 0.6 is 23.1 Å². The number of nitrogens with zero attached hydrogens (tertiary/aromatic N) is 4. The molecule has 4 heterocycles. The van der Waals surface area contributed by atoms with Crippen LogP contribution in [0.4, 0.5) is 0 Å². The number of carbonyl (C=O) groups is 1. The minimum absolute atomic E-state index is 0.174. The molecule has 0 amide bonds. The fraction of sp³-hybridized carbons (Fsp3) is 0.368. The number of hydrogen-bond acceptors (Lipinski definition) is 8. The van der Waals surface area contributed by atoms with Crippen molar-refractivity contribution in [2.45, 2.75) is 42.6 Å². The molecule has 1 aliphatic rings. The van der Waals surface area contributed by atoms with Crippen molar-refractivity contribution in [3.8, 4) is 10.7 Å². The maximum Gasteiger partial charge on any atom is 0.339 e. The highest BCUT2D eigenvalue weighted by Gasteiger charge is 2.22. The van der Waals surface area contributed by atoms with Crippen LogP contribution in [0.3, 0.4) is 0 Å². The largest absolute Gasteiger partial charge is 0.462 e. The standard InChI is InChI=1S/C19H20N4O3S2/c1-2-25-18(24)13-7-8-16(20-11-13)28-19-22-21-17(15-6-4-10-27-15)23(19)12-14-5-3-9-26-14/h4,6-8,10-11,14H,2-3,5,9,12H2,1H3. The van der Waals surface area contributed by atoms with Crippen LogP contribution in [0, 0.1) is 0 Å². The van der Waals surface area contributed by atoms with Crippen LogP contribution in [0.5, 0.6) is 0 Å². The van der Waals surface area contributed by atoms with Gasteiger partial charge in [0.1, 0.15) is 5.03 Å². The van der Waals surface area contributed by atoms with Crippen LogP contribution in [0.2, 0.25) is 0 Å². The third kappa shape index (κ3) is 4.26. The van der Waals surface area contributed by atoms with E-state index in [1.807, 2.05) is 17.5 Å². The number of thiophene rings is 1. The number of hydrogen-bond donors (Lipinski definition) is 0. The normalized spacial score (nSPS) is 16.4. The summed E-state index contributed by atoms with van der Waals surface area (Å²) in [6.45, 7) is 3.64. The summed E-state index contributed by atoms with van der Waals surface area (Å²) in [5.74, 6) is 0.476. The number of pyridine rings is 1. The molecule has 0 N–H and O–H groups in total. The molecule has 0 radical (unpaired) electrons. The highest BCUT2D eigenvalue weighted by atomic mass is 32.2. The molecule has 28 heavy (non-hydrogen) atoms. The SMILES string of the molecule is CCOC(=O)c1ccc(Sc2nnc(-c3cccs3)n2CC2CCCO2)nc1. The van der Waals surface area contributed by atoms with Crippen LogP contribution in [0.25, 0.3) is 10.7 Å². The first-order valence-corrected chi connectivity index (χ1v) is 10.8. The molecule has 1 saturated heterocycles. The van der Waals surface area contributed by atoms with E-state index in [9.17, 15) is 4.79 Å². The second-order valence-electron chi connectivity index (χ2n) is 6.24. The third-order valence-corrected chi connectivity index (χ3v) is 6.11. The first-order valence-electron chi connectivity index (χ1n) is 9.14. The van der Waals surface area contributed by atoms with Gasteiger partial charge in [-0.1, -0.05) is 6.07 Å². The fourth-order valence-electron chi connectivity index (χ4n) is 2.98. The van der Waals surface area contributed by atoms with Crippen molar-refractivity contribution >= 4 is 29.1 Å². The van der Waals surface area contributed by atoms with Crippen LogP contribution in [0.1, 0.15) is 30.1 Å². The lowest BCUT2D eigenvalue weighted by Gasteiger charge is -2.14. The molecule has 3 aromatic rings. The Hall–Kier alpha value is -2.23. The summed E-state index contributed by atoms with van der Waals surface area (Å²) in [7, 11) is 0. The van der Waals surface area contributed by atoms with E-state index < -0.39 is 0 Å². The molecule has 1 atom stereocenters. The van der Waals surface area contributed by atoms with E-state index in [4.69, 9.17) is 9.47 Å². The molecule has 1 unspecified atom stereocenters. The molecule has 0 aliphatic carbocycles. The van der Waals surface area contributed by atoms with Crippen molar-refractivity contribution in [1.82, 2.24) is 19.7 Å². The second-order valence-corrected chi connectivity index (χ2v) is 8.17. The summed E-state index contributed by atoms with van der Waals surface area (Å²) in [4.78, 5) is 17.2. The van der Waals surface area contributed by atoms with E-state index in [1.165, 1.54) is 18.0 Å². The second kappa shape index (κ2) is 8.85. The zero-order chi connectivity index (χ0) is 19.3. The third-order valence-electron chi connectivity index (χ3n) is 4.31. The van der Waals surface area contributed by atoms with Gasteiger partial charge < -0.3 is 9.47 Å². The lowest BCUT2D eigenvalue weighted by molar-refractivity contribution is 0.0525.